The summed E-state index contributed by atoms with van der Waals surface area (Å²) in [4.78, 5) is 129. The van der Waals surface area contributed by atoms with E-state index in [9.17, 15) is 43.2 Å². The van der Waals surface area contributed by atoms with E-state index in [1.165, 1.54) is 55.2 Å². The Morgan fingerprint density at radius 2 is 0.933 bits per heavy atom. The monoisotopic (exact) mass is 1040 g/mol. The highest BCUT2D eigenvalue weighted by molar-refractivity contribution is 6.04. The van der Waals surface area contributed by atoms with Crippen LogP contribution in [0.5, 0.6) is 0 Å². The van der Waals surface area contributed by atoms with Crippen LogP contribution in [0.15, 0.2) is 49.3 Å². The number of hydrogen-bond acceptors (Lipinski definition) is 13. The number of nitrogens with zero attached hydrogens (tertiary/aromatic N) is 9. The fourth-order valence-electron chi connectivity index (χ4n) is 7.28. The Bertz CT molecular complexity index is 2880. The Hall–Kier alpha value is -8.62. The van der Waals surface area contributed by atoms with Crippen molar-refractivity contribution in [1.82, 2.24) is 69.3 Å². The number of carbonyl (C=O) groups is 9. The average Bonchev–Trinajstić information content (AvgIpc) is 4.18. The molecule has 0 fully saturated rings. The molecule has 0 spiro atoms. The lowest BCUT2D eigenvalue weighted by Crippen LogP contribution is -2.36. The lowest BCUT2D eigenvalue weighted by Gasteiger charge is -2.19. The maximum atomic E-state index is 13.2. The van der Waals surface area contributed by atoms with Gasteiger partial charge < -0.3 is 75.6 Å². The molecule has 27 heteroatoms. The Morgan fingerprint density at radius 1 is 0.493 bits per heavy atom. The van der Waals surface area contributed by atoms with Gasteiger partial charge in [0.2, 0.25) is 35.3 Å². The van der Waals surface area contributed by atoms with Crippen LogP contribution in [-0.2, 0) is 54.4 Å². The Labute approximate surface area is 433 Å². The van der Waals surface area contributed by atoms with Crippen molar-refractivity contribution in [2.75, 3.05) is 74.1 Å². The molecule has 75 heavy (non-hydrogen) atoms. The van der Waals surface area contributed by atoms with Crippen LogP contribution in [0.3, 0.4) is 0 Å². The summed E-state index contributed by atoms with van der Waals surface area (Å²) in [6, 6.07) is 2.94. The van der Waals surface area contributed by atoms with E-state index in [0.717, 1.165) is 25.9 Å². The van der Waals surface area contributed by atoms with Crippen LogP contribution in [0.1, 0.15) is 106 Å². The SMILES string of the molecule is CN(CCCNC(=O)CCNC(=O)c1nc(NC(=O)CCNC(=O)c2cc(NC(=O)c3nc(NC(=O)CCNC(=O)c4cc(NC(=O)c5nccn5C)cn4C)cn3C)cn2C)cn1C)CCCNC(=O)C(C)(C)C. The van der Waals surface area contributed by atoms with Crippen LogP contribution < -0.4 is 47.9 Å². The van der Waals surface area contributed by atoms with E-state index in [0.29, 0.717) is 18.8 Å². The van der Waals surface area contributed by atoms with Gasteiger partial charge in [-0.3, -0.25) is 43.2 Å². The first-order valence-corrected chi connectivity index (χ1v) is 24.2. The zero-order valence-corrected chi connectivity index (χ0v) is 43.8. The van der Waals surface area contributed by atoms with Crippen molar-refractivity contribution in [3.63, 3.8) is 0 Å². The third-order valence-electron chi connectivity index (χ3n) is 11.3. The van der Waals surface area contributed by atoms with Gasteiger partial charge in [-0.25, -0.2) is 15.0 Å². The number of imidazole rings is 3. The Morgan fingerprint density at radius 3 is 1.40 bits per heavy atom. The predicted molar refractivity (Wildman–Crippen MR) is 277 cm³/mol. The number of aromatic nitrogens is 8. The number of nitrogens with one attached hydrogen (secondary N) is 9. The fraction of sp³-hybridized carbons (Fsp3) is 0.458. The van der Waals surface area contributed by atoms with Crippen molar-refractivity contribution in [2.24, 2.45) is 40.7 Å². The summed E-state index contributed by atoms with van der Waals surface area (Å²) < 4.78 is 7.43. The quantitative estimate of drug-likeness (QED) is 0.0345. The third-order valence-corrected chi connectivity index (χ3v) is 11.3. The number of anilines is 4. The van der Waals surface area contributed by atoms with E-state index in [1.54, 1.807) is 52.2 Å². The predicted octanol–water partition coefficient (Wildman–Crippen LogP) is 0.696. The van der Waals surface area contributed by atoms with Crippen LogP contribution in [0, 0.1) is 5.41 Å². The number of carbonyl (C=O) groups excluding carboxylic acids is 9. The normalized spacial score (nSPS) is 11.2. The summed E-state index contributed by atoms with van der Waals surface area (Å²) in [6.45, 7) is 8.28. The molecule has 0 aliphatic carbocycles. The summed E-state index contributed by atoms with van der Waals surface area (Å²) in [7, 11) is 10.1. The van der Waals surface area contributed by atoms with Crippen molar-refractivity contribution in [2.45, 2.75) is 52.9 Å². The van der Waals surface area contributed by atoms with Gasteiger partial charge in [-0.2, -0.15) is 0 Å². The molecular formula is C48H68N18O9. The highest BCUT2D eigenvalue weighted by Crippen LogP contribution is 2.17. The number of aryl methyl sites for hydroxylation is 5. The minimum absolute atomic E-state index is 0.0178. The van der Waals surface area contributed by atoms with Crippen LogP contribution in [0.25, 0.3) is 0 Å². The van der Waals surface area contributed by atoms with E-state index < -0.39 is 46.8 Å². The molecule has 404 valence electrons. The van der Waals surface area contributed by atoms with Crippen LogP contribution >= 0.6 is 0 Å². The second kappa shape index (κ2) is 26.4. The van der Waals surface area contributed by atoms with E-state index >= 15 is 0 Å². The molecule has 0 unspecified atom stereocenters. The molecule has 27 nitrogen and oxygen atoms in total. The van der Waals surface area contributed by atoms with Gasteiger partial charge in [0, 0.05) is 130 Å². The molecule has 0 aromatic carbocycles. The standard InChI is InChI=1S/C48H68N18O9/c1-48(2,3)47(75)54-16-11-22-61(4)21-10-15-49-36(67)12-17-53-44(72)40-59-34(28-65(40)8)57-37(68)13-18-52-43(71)33-25-31(27-64(33)7)56-46(74)41-60-35(29-66(41)9)58-38(69)14-19-51-42(70)32-24-30(26-63(32)6)55-45(73)39-50-20-23-62(39)5/h20,23-29H,10-19,21-22H2,1-9H3,(H,49,67)(H,51,70)(H,52,71)(H,53,72)(H,54,75)(H,55,73)(H,56,74)(H,57,68)(H,58,69). The summed E-state index contributed by atoms with van der Waals surface area (Å²) in [5, 5.41) is 24.4. The molecule has 9 N–H and O–H groups in total. The zero-order chi connectivity index (χ0) is 55.0. The Kier molecular flexibility index (Phi) is 20.1. The molecule has 5 aromatic heterocycles. The zero-order valence-electron chi connectivity index (χ0n) is 43.8. The largest absolute Gasteiger partial charge is 0.356 e. The highest BCUT2D eigenvalue weighted by Gasteiger charge is 2.22. The third kappa shape index (κ3) is 17.3. The lowest BCUT2D eigenvalue weighted by atomic mass is 9.96. The molecule has 5 rings (SSSR count). The molecular weight excluding hydrogens is 973 g/mol. The summed E-state index contributed by atoms with van der Waals surface area (Å²) in [6.07, 6.45) is 10.5. The number of amides is 9. The molecule has 0 aliphatic heterocycles. The topological polar surface area (TPSA) is 328 Å². The fourth-order valence-corrected chi connectivity index (χ4v) is 7.28. The molecule has 0 bridgehead atoms. The Balaban J connectivity index is 0.960. The molecule has 5 heterocycles. The first-order valence-electron chi connectivity index (χ1n) is 24.2. The van der Waals surface area contributed by atoms with Crippen molar-refractivity contribution in [3.8, 4) is 0 Å². The van der Waals surface area contributed by atoms with Gasteiger partial charge in [0.15, 0.2) is 17.5 Å². The smallest absolute Gasteiger partial charge is 0.291 e. The summed E-state index contributed by atoms with van der Waals surface area (Å²) >= 11 is 0. The van der Waals surface area contributed by atoms with Crippen LogP contribution in [0.4, 0.5) is 23.0 Å². The van der Waals surface area contributed by atoms with E-state index in [1.807, 2.05) is 27.8 Å². The van der Waals surface area contributed by atoms with Crippen LogP contribution in [0.2, 0.25) is 0 Å². The van der Waals surface area contributed by atoms with Gasteiger partial charge in [0.1, 0.15) is 11.4 Å². The number of hydrogen-bond donors (Lipinski definition) is 9. The first-order chi connectivity index (χ1) is 35.5. The molecule has 0 atom stereocenters. The van der Waals surface area contributed by atoms with E-state index in [2.05, 4.69) is 67.7 Å². The average molecular weight is 1040 g/mol. The van der Waals surface area contributed by atoms with Gasteiger partial charge >= 0.3 is 0 Å². The molecule has 5 aromatic rings. The van der Waals surface area contributed by atoms with Crippen molar-refractivity contribution >= 4 is 76.2 Å². The van der Waals surface area contributed by atoms with E-state index in [-0.39, 0.29) is 96.9 Å². The minimum Gasteiger partial charge on any atom is -0.356 e. The second-order valence-electron chi connectivity index (χ2n) is 18.8. The van der Waals surface area contributed by atoms with Gasteiger partial charge in [-0.1, -0.05) is 20.8 Å². The minimum atomic E-state index is -0.630. The molecule has 9 amide bonds. The van der Waals surface area contributed by atoms with Gasteiger partial charge in [0.25, 0.3) is 29.5 Å². The summed E-state index contributed by atoms with van der Waals surface area (Å²) in [5.74, 6) is -3.36. The van der Waals surface area contributed by atoms with Gasteiger partial charge in [-0.15, -0.1) is 0 Å². The summed E-state index contributed by atoms with van der Waals surface area (Å²) in [5.41, 5.74) is 0.670. The molecule has 0 aliphatic rings. The van der Waals surface area contributed by atoms with Gasteiger partial charge in [0.05, 0.1) is 11.4 Å². The maximum absolute atomic E-state index is 13.2. The maximum Gasteiger partial charge on any atom is 0.291 e. The second-order valence-corrected chi connectivity index (χ2v) is 18.8. The van der Waals surface area contributed by atoms with Crippen LogP contribution in [-0.4, -0.2) is 149 Å². The van der Waals surface area contributed by atoms with Gasteiger partial charge in [-0.05, 0) is 45.1 Å². The molecule has 0 saturated heterocycles. The number of rotatable bonds is 26. The van der Waals surface area contributed by atoms with Crippen molar-refractivity contribution in [1.29, 1.82) is 0 Å². The molecule has 0 radical (unpaired) electrons. The van der Waals surface area contributed by atoms with Crippen molar-refractivity contribution in [3.05, 3.63) is 78.2 Å². The molecule has 0 saturated carbocycles. The van der Waals surface area contributed by atoms with E-state index in [4.69, 9.17) is 0 Å². The van der Waals surface area contributed by atoms with Crippen molar-refractivity contribution < 1.29 is 43.2 Å². The lowest BCUT2D eigenvalue weighted by molar-refractivity contribution is -0.128. The highest BCUT2D eigenvalue weighted by atomic mass is 16.2. The first kappa shape index (κ1) is 57.3.